The molecule has 0 saturated heterocycles. The summed E-state index contributed by atoms with van der Waals surface area (Å²) < 4.78 is 12.4. The number of hydrogen-bond donors (Lipinski definition) is 1. The van der Waals surface area contributed by atoms with Gasteiger partial charge in [-0.05, 0) is 31.2 Å². The summed E-state index contributed by atoms with van der Waals surface area (Å²) in [7, 11) is 3.32. The topological polar surface area (TPSA) is 95.1 Å². The highest BCUT2D eigenvalue weighted by atomic mass is 16.5. The number of methoxy groups -OCH3 is 1. The van der Waals surface area contributed by atoms with Crippen molar-refractivity contribution in [3.05, 3.63) is 41.5 Å². The Hall–Kier alpha value is -3.16. The van der Waals surface area contributed by atoms with Gasteiger partial charge in [0.05, 0.1) is 12.8 Å². The predicted octanol–water partition coefficient (Wildman–Crippen LogP) is 2.35. The van der Waals surface area contributed by atoms with E-state index in [4.69, 9.17) is 9.15 Å². The third-order valence-electron chi connectivity index (χ3n) is 3.57. The number of ether oxygens (including phenoxy) is 1. The van der Waals surface area contributed by atoms with Crippen LogP contribution in [0.4, 0.5) is 5.69 Å². The molecule has 8 nitrogen and oxygen atoms in total. The number of carbonyl (C=O) groups excluding carboxylic acids is 1. The molecule has 0 aliphatic carbocycles. The lowest BCUT2D eigenvalue weighted by atomic mass is 10.1. The van der Waals surface area contributed by atoms with Crippen LogP contribution in [0.1, 0.15) is 22.1 Å². The molecule has 0 atom stereocenters. The lowest BCUT2D eigenvalue weighted by Gasteiger charge is -2.10. The Labute approximate surface area is 138 Å². The van der Waals surface area contributed by atoms with Gasteiger partial charge in [0.1, 0.15) is 5.75 Å². The summed E-state index contributed by atoms with van der Waals surface area (Å²) >= 11 is 0. The first-order valence-electron chi connectivity index (χ1n) is 7.28. The van der Waals surface area contributed by atoms with Crippen molar-refractivity contribution in [1.29, 1.82) is 0 Å². The van der Waals surface area contributed by atoms with Crippen LogP contribution in [0.15, 0.2) is 28.7 Å². The number of rotatable bonds is 4. The van der Waals surface area contributed by atoms with Crippen LogP contribution in [0, 0.1) is 13.8 Å². The first-order chi connectivity index (χ1) is 11.5. The largest absolute Gasteiger partial charge is 0.495 e. The number of anilines is 1. The van der Waals surface area contributed by atoms with Crippen molar-refractivity contribution in [3.8, 4) is 17.2 Å². The number of nitrogens with one attached hydrogen (secondary N) is 1. The van der Waals surface area contributed by atoms with Crippen molar-refractivity contribution in [3.63, 3.8) is 0 Å². The van der Waals surface area contributed by atoms with Crippen LogP contribution >= 0.6 is 0 Å². The van der Waals surface area contributed by atoms with Crippen molar-refractivity contribution in [2.45, 2.75) is 13.8 Å². The number of benzene rings is 1. The maximum Gasteiger partial charge on any atom is 0.276 e. The molecule has 3 aromatic rings. The Morgan fingerprint density at radius 2 is 2.04 bits per heavy atom. The van der Waals surface area contributed by atoms with Crippen molar-refractivity contribution >= 4 is 11.6 Å². The molecular formula is C16H17N5O3. The quantitative estimate of drug-likeness (QED) is 0.790. The third-order valence-corrected chi connectivity index (χ3v) is 3.57. The number of aromatic nitrogens is 4. The molecule has 0 saturated carbocycles. The van der Waals surface area contributed by atoms with Crippen LogP contribution in [-0.2, 0) is 7.05 Å². The second kappa shape index (κ2) is 6.15. The molecule has 2 aromatic heterocycles. The van der Waals surface area contributed by atoms with Crippen molar-refractivity contribution in [2.75, 3.05) is 12.4 Å². The van der Waals surface area contributed by atoms with Crippen LogP contribution in [0.5, 0.6) is 5.75 Å². The first-order valence-corrected chi connectivity index (χ1v) is 7.28. The zero-order chi connectivity index (χ0) is 17.3. The minimum atomic E-state index is -0.323. The Morgan fingerprint density at radius 1 is 1.25 bits per heavy atom. The molecule has 0 aliphatic rings. The Bertz CT molecular complexity index is 878. The summed E-state index contributed by atoms with van der Waals surface area (Å²) in [5.41, 5.74) is 2.40. The average Bonchev–Trinajstić information content (AvgIpc) is 3.14. The lowest BCUT2D eigenvalue weighted by Crippen LogP contribution is -2.13. The van der Waals surface area contributed by atoms with Gasteiger partial charge in [0, 0.05) is 25.2 Å². The van der Waals surface area contributed by atoms with Crippen LogP contribution < -0.4 is 10.1 Å². The van der Waals surface area contributed by atoms with Crippen LogP contribution in [-0.4, -0.2) is 33.0 Å². The lowest BCUT2D eigenvalue weighted by molar-refractivity contribution is 0.102. The highest BCUT2D eigenvalue weighted by Crippen LogP contribution is 2.30. The Kier molecular flexibility index (Phi) is 4.03. The van der Waals surface area contributed by atoms with E-state index in [0.717, 1.165) is 5.69 Å². The van der Waals surface area contributed by atoms with E-state index in [-0.39, 0.29) is 5.91 Å². The van der Waals surface area contributed by atoms with E-state index < -0.39 is 0 Å². The number of amides is 1. The predicted molar refractivity (Wildman–Crippen MR) is 86.9 cm³/mol. The van der Waals surface area contributed by atoms with Crippen molar-refractivity contribution in [1.82, 2.24) is 20.0 Å². The molecule has 0 spiro atoms. The zero-order valence-corrected chi connectivity index (χ0v) is 13.8. The summed E-state index contributed by atoms with van der Waals surface area (Å²) in [5, 5.41) is 14.8. The molecule has 8 heteroatoms. The maximum atomic E-state index is 12.4. The van der Waals surface area contributed by atoms with Gasteiger partial charge in [-0.3, -0.25) is 9.48 Å². The average molecular weight is 327 g/mol. The molecule has 0 bridgehead atoms. The minimum Gasteiger partial charge on any atom is -0.495 e. The normalized spacial score (nSPS) is 10.7. The number of nitrogens with zero attached hydrogens (tertiary/aromatic N) is 4. The molecule has 1 amide bonds. The van der Waals surface area contributed by atoms with Crippen LogP contribution in [0.25, 0.3) is 11.5 Å². The molecule has 0 fully saturated rings. The number of aryl methyl sites for hydroxylation is 3. The van der Waals surface area contributed by atoms with Gasteiger partial charge in [0.25, 0.3) is 5.91 Å². The number of hydrogen-bond acceptors (Lipinski definition) is 6. The second-order valence-electron chi connectivity index (χ2n) is 5.29. The molecule has 1 N–H and O–H groups in total. The van der Waals surface area contributed by atoms with Gasteiger partial charge in [-0.15, -0.1) is 10.2 Å². The Morgan fingerprint density at radius 3 is 2.62 bits per heavy atom. The van der Waals surface area contributed by atoms with Gasteiger partial charge in [-0.1, -0.05) is 0 Å². The van der Waals surface area contributed by atoms with Gasteiger partial charge in [0.15, 0.2) is 5.69 Å². The molecule has 1 aromatic carbocycles. The standard InChI is InChI=1S/C16H17N5O3/c1-9-7-13(20-21(9)3)15(22)17-12-8-11(5-6-14(12)23-4)16-19-18-10(2)24-16/h5-8H,1-4H3,(H,17,22). The van der Waals surface area contributed by atoms with Crippen LogP contribution in [0.2, 0.25) is 0 Å². The van der Waals surface area contributed by atoms with Crippen LogP contribution in [0.3, 0.4) is 0 Å². The van der Waals surface area contributed by atoms with E-state index in [1.54, 1.807) is 42.9 Å². The first kappa shape index (κ1) is 15.7. The highest BCUT2D eigenvalue weighted by molar-refractivity contribution is 6.04. The fraction of sp³-hybridized carbons (Fsp3) is 0.250. The summed E-state index contributed by atoms with van der Waals surface area (Å²) in [6.07, 6.45) is 0. The third kappa shape index (κ3) is 2.98. The summed E-state index contributed by atoms with van der Waals surface area (Å²) in [6.45, 7) is 3.59. The van der Waals surface area contributed by atoms with Crippen molar-refractivity contribution < 1.29 is 13.9 Å². The molecule has 2 heterocycles. The van der Waals surface area contributed by atoms with Gasteiger partial charge in [0.2, 0.25) is 11.8 Å². The Balaban J connectivity index is 1.92. The molecular weight excluding hydrogens is 310 g/mol. The van der Waals surface area contributed by atoms with Gasteiger partial charge < -0.3 is 14.5 Å². The van der Waals surface area contributed by atoms with E-state index in [0.29, 0.717) is 34.5 Å². The molecule has 124 valence electrons. The molecule has 24 heavy (non-hydrogen) atoms. The minimum absolute atomic E-state index is 0.323. The zero-order valence-electron chi connectivity index (χ0n) is 13.8. The fourth-order valence-electron chi connectivity index (χ4n) is 2.21. The number of carbonyl (C=O) groups is 1. The van der Waals surface area contributed by atoms with E-state index in [1.807, 2.05) is 6.92 Å². The smallest absolute Gasteiger partial charge is 0.276 e. The van der Waals surface area contributed by atoms with E-state index in [9.17, 15) is 4.79 Å². The maximum absolute atomic E-state index is 12.4. The SMILES string of the molecule is COc1ccc(-c2nnc(C)o2)cc1NC(=O)c1cc(C)n(C)n1. The fourth-order valence-corrected chi connectivity index (χ4v) is 2.21. The molecule has 0 unspecified atom stereocenters. The molecule has 0 aliphatic heterocycles. The second-order valence-corrected chi connectivity index (χ2v) is 5.29. The van der Waals surface area contributed by atoms with Gasteiger partial charge in [-0.25, -0.2) is 0 Å². The van der Waals surface area contributed by atoms with E-state index in [1.165, 1.54) is 7.11 Å². The summed E-state index contributed by atoms with van der Waals surface area (Å²) in [6, 6.07) is 6.95. The summed E-state index contributed by atoms with van der Waals surface area (Å²) in [5.74, 6) is 1.04. The van der Waals surface area contributed by atoms with E-state index in [2.05, 4.69) is 20.6 Å². The van der Waals surface area contributed by atoms with E-state index >= 15 is 0 Å². The highest BCUT2D eigenvalue weighted by Gasteiger charge is 2.16. The molecule has 0 radical (unpaired) electrons. The van der Waals surface area contributed by atoms with Gasteiger partial charge >= 0.3 is 0 Å². The van der Waals surface area contributed by atoms with Crippen molar-refractivity contribution in [2.24, 2.45) is 7.05 Å². The molecule has 3 rings (SSSR count). The van der Waals surface area contributed by atoms with Gasteiger partial charge in [-0.2, -0.15) is 5.10 Å². The summed E-state index contributed by atoms with van der Waals surface area (Å²) in [4.78, 5) is 12.4. The monoisotopic (exact) mass is 327 g/mol.